The standard InChI is InChI=1S/C19H17F3S/c1-13-4-8-16(9-5-13)12-18(15(3)19(20,21)22)23-17-10-6-14(2)7-11-17/h4-12H,3H2,1-2H3/b18-12+. The van der Waals surface area contributed by atoms with Crippen LogP contribution >= 0.6 is 11.8 Å². The van der Waals surface area contributed by atoms with Crippen LogP contribution in [0, 0.1) is 13.8 Å². The third kappa shape index (κ3) is 5.03. The molecule has 0 aliphatic rings. The highest BCUT2D eigenvalue weighted by atomic mass is 32.2. The first-order valence-corrected chi connectivity index (χ1v) is 7.87. The second-order valence-electron chi connectivity index (χ2n) is 5.31. The highest BCUT2D eigenvalue weighted by molar-refractivity contribution is 8.03. The van der Waals surface area contributed by atoms with Crippen LogP contribution in [0.25, 0.3) is 6.08 Å². The molecule has 0 unspecified atom stereocenters. The minimum atomic E-state index is -4.45. The summed E-state index contributed by atoms with van der Waals surface area (Å²) in [6.07, 6.45) is -2.92. The number of rotatable bonds is 4. The number of hydrogen-bond donors (Lipinski definition) is 0. The lowest BCUT2D eigenvalue weighted by Crippen LogP contribution is -2.11. The molecule has 0 N–H and O–H groups in total. The van der Waals surface area contributed by atoms with Gasteiger partial charge in [-0.15, -0.1) is 0 Å². The number of allylic oxidation sites excluding steroid dienone is 1. The molecule has 0 bridgehead atoms. The zero-order valence-corrected chi connectivity index (χ0v) is 13.8. The normalized spacial score (nSPS) is 12.3. The van der Waals surface area contributed by atoms with Gasteiger partial charge in [-0.25, -0.2) is 0 Å². The van der Waals surface area contributed by atoms with E-state index in [1.165, 1.54) is 6.08 Å². The molecule has 0 saturated carbocycles. The molecule has 2 aromatic carbocycles. The third-order valence-electron chi connectivity index (χ3n) is 3.26. The number of aryl methyl sites for hydroxylation is 2. The van der Waals surface area contributed by atoms with Crippen LogP contribution in [0.2, 0.25) is 0 Å². The zero-order valence-electron chi connectivity index (χ0n) is 12.9. The molecular formula is C19H17F3S. The average molecular weight is 334 g/mol. The summed E-state index contributed by atoms with van der Waals surface area (Å²) in [5.74, 6) is 0. The molecular weight excluding hydrogens is 317 g/mol. The minimum absolute atomic E-state index is 0.102. The van der Waals surface area contributed by atoms with Crippen LogP contribution in [0.4, 0.5) is 13.2 Å². The summed E-state index contributed by atoms with van der Waals surface area (Å²) >= 11 is 1.07. The van der Waals surface area contributed by atoms with E-state index in [-0.39, 0.29) is 4.91 Å². The second-order valence-corrected chi connectivity index (χ2v) is 6.43. The van der Waals surface area contributed by atoms with Crippen molar-refractivity contribution in [2.24, 2.45) is 0 Å². The topological polar surface area (TPSA) is 0 Å². The Morgan fingerprint density at radius 3 is 1.87 bits per heavy atom. The summed E-state index contributed by atoms with van der Waals surface area (Å²) in [5, 5.41) is 0. The molecule has 0 heterocycles. The van der Waals surface area contributed by atoms with E-state index in [0.29, 0.717) is 0 Å². The van der Waals surface area contributed by atoms with E-state index >= 15 is 0 Å². The molecule has 2 rings (SSSR count). The van der Waals surface area contributed by atoms with Crippen molar-refractivity contribution in [1.82, 2.24) is 0 Å². The van der Waals surface area contributed by atoms with E-state index in [9.17, 15) is 13.2 Å². The predicted octanol–water partition coefficient (Wildman–Crippen LogP) is 6.56. The smallest absolute Gasteiger partial charge is 0.166 e. The van der Waals surface area contributed by atoms with E-state index < -0.39 is 11.7 Å². The van der Waals surface area contributed by atoms with Gasteiger partial charge in [0.2, 0.25) is 0 Å². The molecule has 0 aliphatic carbocycles. The molecule has 0 spiro atoms. The van der Waals surface area contributed by atoms with Crippen LogP contribution in [0.5, 0.6) is 0 Å². The molecule has 23 heavy (non-hydrogen) atoms. The van der Waals surface area contributed by atoms with Crippen LogP contribution < -0.4 is 0 Å². The lowest BCUT2D eigenvalue weighted by Gasteiger charge is -2.14. The van der Waals surface area contributed by atoms with Gasteiger partial charge in [-0.1, -0.05) is 65.9 Å². The van der Waals surface area contributed by atoms with Crippen molar-refractivity contribution >= 4 is 17.8 Å². The highest BCUT2D eigenvalue weighted by Crippen LogP contribution is 2.40. The monoisotopic (exact) mass is 334 g/mol. The SMILES string of the molecule is C=C(/C(=C\c1ccc(C)cc1)Sc1ccc(C)cc1)C(F)(F)F. The molecule has 0 atom stereocenters. The first-order valence-electron chi connectivity index (χ1n) is 7.05. The molecule has 4 heteroatoms. The van der Waals surface area contributed by atoms with Gasteiger partial charge in [0.1, 0.15) is 0 Å². The van der Waals surface area contributed by atoms with Crippen LogP contribution in [0.1, 0.15) is 16.7 Å². The van der Waals surface area contributed by atoms with Gasteiger partial charge in [0.15, 0.2) is 0 Å². The Hall–Kier alpha value is -1.94. The Bertz CT molecular complexity index is 708. The second kappa shape index (κ2) is 7.09. The first kappa shape index (κ1) is 17.4. The van der Waals surface area contributed by atoms with Crippen molar-refractivity contribution in [2.75, 3.05) is 0 Å². The quantitative estimate of drug-likeness (QED) is 0.451. The Balaban J connectivity index is 2.37. The zero-order chi connectivity index (χ0) is 17.0. The van der Waals surface area contributed by atoms with E-state index in [4.69, 9.17) is 0 Å². The number of benzene rings is 2. The average Bonchev–Trinajstić information content (AvgIpc) is 2.49. The van der Waals surface area contributed by atoms with Crippen LogP contribution in [-0.4, -0.2) is 6.18 Å². The molecule has 0 radical (unpaired) electrons. The largest absolute Gasteiger partial charge is 0.416 e. The van der Waals surface area contributed by atoms with Crippen molar-refractivity contribution in [3.63, 3.8) is 0 Å². The summed E-state index contributed by atoms with van der Waals surface area (Å²) in [5.41, 5.74) is 2.01. The van der Waals surface area contributed by atoms with Gasteiger partial charge in [-0.3, -0.25) is 0 Å². The van der Waals surface area contributed by atoms with Gasteiger partial charge >= 0.3 is 6.18 Å². The fraction of sp³-hybridized carbons (Fsp3) is 0.158. The van der Waals surface area contributed by atoms with Crippen molar-refractivity contribution in [3.05, 3.63) is 82.3 Å². The van der Waals surface area contributed by atoms with E-state index in [0.717, 1.165) is 33.3 Å². The Labute approximate surface area is 138 Å². The summed E-state index contributed by atoms with van der Waals surface area (Å²) in [7, 11) is 0. The van der Waals surface area contributed by atoms with Crippen molar-refractivity contribution in [1.29, 1.82) is 0 Å². The maximum Gasteiger partial charge on any atom is 0.416 e. The van der Waals surface area contributed by atoms with Gasteiger partial charge in [0, 0.05) is 9.80 Å². The maximum absolute atomic E-state index is 13.1. The molecule has 0 aromatic heterocycles. The lowest BCUT2D eigenvalue weighted by molar-refractivity contribution is -0.0880. The predicted molar refractivity (Wildman–Crippen MR) is 91.4 cm³/mol. The van der Waals surface area contributed by atoms with Crippen molar-refractivity contribution in [2.45, 2.75) is 24.9 Å². The fourth-order valence-electron chi connectivity index (χ4n) is 1.87. The number of hydrogen-bond acceptors (Lipinski definition) is 1. The van der Waals surface area contributed by atoms with Gasteiger partial charge in [-0.2, -0.15) is 13.2 Å². The Morgan fingerprint density at radius 2 is 1.39 bits per heavy atom. The summed E-state index contributed by atoms with van der Waals surface area (Å²) in [6, 6.07) is 14.7. The lowest BCUT2D eigenvalue weighted by atomic mass is 10.1. The van der Waals surface area contributed by atoms with Crippen molar-refractivity contribution < 1.29 is 13.2 Å². The number of thioether (sulfide) groups is 1. The molecule has 0 saturated heterocycles. The van der Waals surface area contributed by atoms with Gasteiger partial charge in [0.25, 0.3) is 0 Å². The molecule has 0 fully saturated rings. The highest BCUT2D eigenvalue weighted by Gasteiger charge is 2.34. The van der Waals surface area contributed by atoms with E-state index in [1.54, 1.807) is 12.1 Å². The van der Waals surface area contributed by atoms with Gasteiger partial charge in [0.05, 0.1) is 5.57 Å². The van der Waals surface area contributed by atoms with E-state index in [1.807, 2.05) is 50.2 Å². The summed E-state index contributed by atoms with van der Waals surface area (Å²) in [4.78, 5) is 0.851. The van der Waals surface area contributed by atoms with E-state index in [2.05, 4.69) is 6.58 Å². The van der Waals surface area contributed by atoms with Gasteiger partial charge < -0.3 is 0 Å². The molecule has 0 amide bonds. The Kier molecular flexibility index (Phi) is 5.37. The van der Waals surface area contributed by atoms with Crippen LogP contribution in [-0.2, 0) is 0 Å². The summed E-state index contributed by atoms with van der Waals surface area (Å²) < 4.78 is 39.2. The number of alkyl halides is 3. The summed E-state index contributed by atoms with van der Waals surface area (Å²) in [6.45, 7) is 7.11. The number of halogens is 3. The van der Waals surface area contributed by atoms with Crippen LogP contribution in [0.15, 0.2) is 70.5 Å². The van der Waals surface area contributed by atoms with Gasteiger partial charge in [-0.05, 0) is 37.6 Å². The molecule has 0 nitrogen and oxygen atoms in total. The van der Waals surface area contributed by atoms with Crippen molar-refractivity contribution in [3.8, 4) is 0 Å². The molecule has 120 valence electrons. The molecule has 0 aliphatic heterocycles. The minimum Gasteiger partial charge on any atom is -0.166 e. The Morgan fingerprint density at radius 1 is 0.913 bits per heavy atom. The first-order chi connectivity index (χ1) is 10.8. The molecule has 2 aromatic rings. The third-order valence-corrected chi connectivity index (χ3v) is 4.36. The maximum atomic E-state index is 13.1. The fourth-order valence-corrected chi connectivity index (χ4v) is 2.83. The van der Waals surface area contributed by atoms with Crippen LogP contribution in [0.3, 0.4) is 0 Å².